The molecule has 0 bridgehead atoms. The van der Waals surface area contributed by atoms with Crippen LogP contribution in [0.1, 0.15) is 71.6 Å². The van der Waals surface area contributed by atoms with Crippen molar-refractivity contribution in [3.63, 3.8) is 0 Å². The van der Waals surface area contributed by atoms with Crippen molar-refractivity contribution in [1.29, 1.82) is 0 Å². The average molecular weight is 605 g/mol. The van der Waals surface area contributed by atoms with Crippen LogP contribution < -0.4 is 10.6 Å². The van der Waals surface area contributed by atoms with Gasteiger partial charge in [-0.05, 0) is 35.1 Å². The zero-order valence-corrected chi connectivity index (χ0v) is 22.1. The number of alkyl halides is 6. The molecule has 228 valence electrons. The van der Waals surface area contributed by atoms with Gasteiger partial charge in [-0.3, -0.25) is 4.79 Å². The van der Waals surface area contributed by atoms with Crippen LogP contribution in [-0.4, -0.2) is 80.4 Å². The molecule has 4 heterocycles. The fraction of sp³-hybridized carbons (Fsp3) is 0.583. The molecule has 2 N–H and O–H groups in total. The number of amides is 3. The SMILES string of the molecule is COCC(c1cnn2cc(C(NC(=O)c3nonc3C(F)F)C3CCC(F)(F)CC3)nc2c1)N1CC(F)(F)CNC1=O. The van der Waals surface area contributed by atoms with Gasteiger partial charge in [-0.2, -0.15) is 5.10 Å². The van der Waals surface area contributed by atoms with Crippen molar-refractivity contribution in [2.75, 3.05) is 26.8 Å². The van der Waals surface area contributed by atoms with E-state index in [9.17, 15) is 35.9 Å². The number of rotatable bonds is 9. The highest BCUT2D eigenvalue weighted by atomic mass is 19.3. The predicted octanol–water partition coefficient (Wildman–Crippen LogP) is 3.69. The Bertz CT molecular complexity index is 1440. The first kappa shape index (κ1) is 29.5. The molecule has 2 aliphatic rings. The van der Waals surface area contributed by atoms with Gasteiger partial charge in [-0.15, -0.1) is 0 Å². The van der Waals surface area contributed by atoms with Gasteiger partial charge in [0.1, 0.15) is 0 Å². The Morgan fingerprint density at radius 3 is 2.64 bits per heavy atom. The zero-order valence-electron chi connectivity index (χ0n) is 22.1. The number of ether oxygens (including phenoxy) is 1. The Labute approximate surface area is 233 Å². The number of fused-ring (bicyclic) bond motifs is 1. The second-order valence-corrected chi connectivity index (χ2v) is 10.3. The van der Waals surface area contributed by atoms with Crippen LogP contribution in [0.3, 0.4) is 0 Å². The van der Waals surface area contributed by atoms with Gasteiger partial charge >= 0.3 is 6.03 Å². The lowest BCUT2D eigenvalue weighted by Gasteiger charge is -2.38. The third kappa shape index (κ3) is 6.12. The summed E-state index contributed by atoms with van der Waals surface area (Å²) in [5.41, 5.74) is -1.03. The highest BCUT2D eigenvalue weighted by Crippen LogP contribution is 2.41. The second kappa shape index (κ2) is 11.4. The van der Waals surface area contributed by atoms with Crippen molar-refractivity contribution < 1.29 is 45.3 Å². The summed E-state index contributed by atoms with van der Waals surface area (Å²) in [7, 11) is 1.34. The summed E-state index contributed by atoms with van der Waals surface area (Å²) >= 11 is 0. The maximum Gasteiger partial charge on any atom is 0.318 e. The van der Waals surface area contributed by atoms with E-state index < -0.39 is 85.5 Å². The number of hydrogen-bond donors (Lipinski definition) is 2. The summed E-state index contributed by atoms with van der Waals surface area (Å²) in [5, 5.41) is 15.3. The highest BCUT2D eigenvalue weighted by molar-refractivity contribution is 5.93. The maximum absolute atomic E-state index is 14.1. The van der Waals surface area contributed by atoms with Gasteiger partial charge in [0.15, 0.2) is 11.3 Å². The Balaban J connectivity index is 1.47. The van der Waals surface area contributed by atoms with E-state index in [0.717, 1.165) is 4.90 Å². The molecule has 0 aromatic carbocycles. The average Bonchev–Trinajstić information content (AvgIpc) is 3.59. The Hall–Kier alpha value is -3.96. The van der Waals surface area contributed by atoms with Crippen LogP contribution in [0.4, 0.5) is 31.1 Å². The number of carbonyl (C=O) groups excluding carboxylic acids is 2. The van der Waals surface area contributed by atoms with E-state index in [1.54, 1.807) is 0 Å². The van der Waals surface area contributed by atoms with E-state index in [2.05, 4.69) is 35.7 Å². The van der Waals surface area contributed by atoms with Gasteiger partial charge in [0.25, 0.3) is 18.3 Å². The molecule has 0 radical (unpaired) electrons. The molecule has 2 atom stereocenters. The molecular weight excluding hydrogens is 578 g/mol. The smallest absolute Gasteiger partial charge is 0.318 e. The minimum atomic E-state index is -3.18. The number of imidazole rings is 1. The van der Waals surface area contributed by atoms with E-state index in [4.69, 9.17) is 4.74 Å². The predicted molar refractivity (Wildman–Crippen MR) is 129 cm³/mol. The van der Waals surface area contributed by atoms with Crippen LogP contribution in [0.5, 0.6) is 0 Å². The van der Waals surface area contributed by atoms with Crippen LogP contribution in [0.2, 0.25) is 0 Å². The molecule has 2 fully saturated rings. The van der Waals surface area contributed by atoms with Gasteiger partial charge in [0.2, 0.25) is 11.6 Å². The van der Waals surface area contributed by atoms with Crippen molar-refractivity contribution in [3.05, 3.63) is 41.1 Å². The van der Waals surface area contributed by atoms with Gasteiger partial charge < -0.3 is 20.3 Å². The summed E-state index contributed by atoms with van der Waals surface area (Å²) in [6, 6.07) is -1.19. The minimum absolute atomic E-state index is 0.00252. The number of hydrogen-bond acceptors (Lipinski definition) is 8. The van der Waals surface area contributed by atoms with E-state index in [-0.39, 0.29) is 30.8 Å². The molecule has 1 saturated carbocycles. The van der Waals surface area contributed by atoms with Crippen molar-refractivity contribution in [3.8, 4) is 0 Å². The third-order valence-electron chi connectivity index (χ3n) is 7.38. The highest BCUT2D eigenvalue weighted by Gasteiger charge is 2.43. The number of nitrogens with zero attached hydrogens (tertiary/aromatic N) is 6. The van der Waals surface area contributed by atoms with Gasteiger partial charge in [-0.1, -0.05) is 0 Å². The van der Waals surface area contributed by atoms with Gasteiger partial charge in [0.05, 0.1) is 49.9 Å². The Morgan fingerprint density at radius 1 is 1.21 bits per heavy atom. The van der Waals surface area contributed by atoms with Crippen molar-refractivity contribution in [1.82, 2.24) is 40.4 Å². The quantitative estimate of drug-likeness (QED) is 0.353. The van der Waals surface area contributed by atoms with E-state index in [0.29, 0.717) is 5.56 Å². The molecule has 12 nitrogen and oxygen atoms in total. The molecule has 3 aromatic rings. The monoisotopic (exact) mass is 604 g/mol. The maximum atomic E-state index is 14.1. The van der Waals surface area contributed by atoms with Crippen molar-refractivity contribution >= 4 is 17.6 Å². The van der Waals surface area contributed by atoms with Crippen LogP contribution in [-0.2, 0) is 4.74 Å². The van der Waals surface area contributed by atoms with Crippen LogP contribution in [0.25, 0.3) is 5.65 Å². The van der Waals surface area contributed by atoms with Crippen molar-refractivity contribution in [2.45, 2.75) is 56.0 Å². The molecule has 3 aromatic heterocycles. The third-order valence-corrected chi connectivity index (χ3v) is 7.38. The van der Waals surface area contributed by atoms with Crippen molar-refractivity contribution in [2.24, 2.45) is 5.92 Å². The standard InChI is InChI=1S/C24H26F6N8O4/c1-41-9-15(37-11-24(29,30)10-31-22(37)40)13-6-16-33-14(8-38(16)32-7-13)17(12-2-4-23(27,28)5-3-12)34-21(39)19-18(20(25)26)35-42-36-19/h6-8,12,15,17,20H,2-5,9-11H2,1H3,(H,31,40)(H,34,39). The molecule has 18 heteroatoms. The molecule has 3 amide bonds. The summed E-state index contributed by atoms with van der Waals surface area (Å²) in [6.45, 7) is -1.79. The Kier molecular flexibility index (Phi) is 8.00. The molecule has 5 rings (SSSR count). The molecule has 2 unspecified atom stereocenters. The number of methoxy groups -OCH3 is 1. The number of nitrogens with one attached hydrogen (secondary N) is 2. The number of carbonyl (C=O) groups is 2. The minimum Gasteiger partial charge on any atom is -0.382 e. The number of aromatic nitrogens is 5. The first-order valence-electron chi connectivity index (χ1n) is 12.9. The summed E-state index contributed by atoms with van der Waals surface area (Å²) in [4.78, 5) is 30.8. The first-order valence-corrected chi connectivity index (χ1v) is 12.9. The van der Waals surface area contributed by atoms with E-state index >= 15 is 0 Å². The lowest BCUT2D eigenvalue weighted by molar-refractivity contribution is -0.0510. The molecule has 1 aliphatic heterocycles. The van der Waals surface area contributed by atoms with Gasteiger partial charge in [-0.25, -0.2) is 45.3 Å². The lowest BCUT2D eigenvalue weighted by atomic mass is 9.81. The lowest BCUT2D eigenvalue weighted by Crippen LogP contribution is -2.58. The van der Waals surface area contributed by atoms with E-state index in [1.165, 1.54) is 30.1 Å². The fourth-order valence-corrected chi connectivity index (χ4v) is 5.24. The topological polar surface area (TPSA) is 140 Å². The molecule has 0 spiro atoms. The second-order valence-electron chi connectivity index (χ2n) is 10.3. The van der Waals surface area contributed by atoms with Crippen LogP contribution in [0.15, 0.2) is 23.1 Å². The Morgan fingerprint density at radius 2 is 1.95 bits per heavy atom. The number of urea groups is 1. The zero-order chi connectivity index (χ0) is 30.2. The summed E-state index contributed by atoms with van der Waals surface area (Å²) < 4.78 is 93.5. The number of halogens is 6. The van der Waals surface area contributed by atoms with Crippen LogP contribution in [0, 0.1) is 5.92 Å². The molecule has 1 aliphatic carbocycles. The summed E-state index contributed by atoms with van der Waals surface area (Å²) in [6.07, 6.45) is -1.28. The first-order chi connectivity index (χ1) is 19.9. The fourth-order valence-electron chi connectivity index (χ4n) is 5.24. The van der Waals surface area contributed by atoms with Crippen LogP contribution >= 0.6 is 0 Å². The normalized spacial score (nSPS) is 20.5. The molecule has 42 heavy (non-hydrogen) atoms. The molecular formula is C24H26F6N8O4. The van der Waals surface area contributed by atoms with Gasteiger partial charge in [0, 0.05) is 25.5 Å². The molecule has 1 saturated heterocycles. The van der Waals surface area contributed by atoms with E-state index in [1.807, 2.05) is 0 Å². The largest absolute Gasteiger partial charge is 0.382 e. The summed E-state index contributed by atoms with van der Waals surface area (Å²) in [5.74, 6) is -7.66.